The Morgan fingerprint density at radius 1 is 0.357 bits per heavy atom. The van der Waals surface area contributed by atoms with E-state index in [2.05, 4.69) is 29.9 Å². The Morgan fingerprint density at radius 2 is 0.619 bits per heavy atom. The highest BCUT2D eigenvalue weighted by Crippen LogP contribution is 2.20. The van der Waals surface area contributed by atoms with Gasteiger partial charge in [0.2, 0.25) is 0 Å². The summed E-state index contributed by atoms with van der Waals surface area (Å²) in [4.78, 5) is 26.0. The van der Waals surface area contributed by atoms with Crippen LogP contribution in [0.3, 0.4) is 0 Å². The lowest BCUT2D eigenvalue weighted by atomic mass is 9.79. The normalized spacial score (nSPS) is 10.4. The van der Waals surface area contributed by atoms with E-state index < -0.39 is 14.2 Å². The van der Waals surface area contributed by atoms with E-state index in [4.69, 9.17) is 0 Å². The Bertz CT molecular complexity index is 1490. The first-order chi connectivity index (χ1) is 20.5. The molecule has 0 aliphatic carbocycles. The minimum atomic E-state index is -1.57. The van der Waals surface area contributed by atoms with Gasteiger partial charge in [0.15, 0.2) is 0 Å². The first-order valence-electron chi connectivity index (χ1n) is 12.9. The van der Waals surface area contributed by atoms with Gasteiger partial charge in [-0.1, -0.05) is 24.3 Å². The number of aromatic nitrogens is 6. The molecule has 0 aliphatic rings. The SMILES string of the molecule is OB(O)c1cc(-c2ccccn2)nc(-c2ccccn2)c1.OB(O)c1cc(-c2ccccn2)nc(-c2ccccn2)c1. The Morgan fingerprint density at radius 3 is 0.810 bits per heavy atom. The molecule has 204 valence electrons. The van der Waals surface area contributed by atoms with Gasteiger partial charge in [0.05, 0.1) is 45.6 Å². The summed E-state index contributed by atoms with van der Waals surface area (Å²) >= 11 is 0. The van der Waals surface area contributed by atoms with Crippen molar-refractivity contribution >= 4 is 25.2 Å². The molecule has 0 aliphatic heterocycles. The van der Waals surface area contributed by atoms with Crippen molar-refractivity contribution < 1.29 is 20.1 Å². The second kappa shape index (κ2) is 13.5. The van der Waals surface area contributed by atoms with Gasteiger partial charge >= 0.3 is 14.2 Å². The molecule has 12 heteroatoms. The zero-order chi connectivity index (χ0) is 29.3. The molecule has 6 aromatic heterocycles. The topological polar surface area (TPSA) is 158 Å². The third-order valence-corrected chi connectivity index (χ3v) is 6.00. The molecule has 42 heavy (non-hydrogen) atoms. The van der Waals surface area contributed by atoms with E-state index in [9.17, 15) is 20.1 Å². The Kier molecular flexibility index (Phi) is 9.12. The van der Waals surface area contributed by atoms with Gasteiger partial charge in [-0.15, -0.1) is 0 Å². The number of hydrogen-bond acceptors (Lipinski definition) is 10. The van der Waals surface area contributed by atoms with Crippen LogP contribution in [0.25, 0.3) is 45.6 Å². The average molecular weight is 554 g/mol. The summed E-state index contributed by atoms with van der Waals surface area (Å²) < 4.78 is 0. The van der Waals surface area contributed by atoms with Crippen LogP contribution in [0.2, 0.25) is 0 Å². The van der Waals surface area contributed by atoms with Crippen LogP contribution in [0.1, 0.15) is 0 Å². The summed E-state index contributed by atoms with van der Waals surface area (Å²) in [6.07, 6.45) is 6.66. The summed E-state index contributed by atoms with van der Waals surface area (Å²) in [5, 5.41) is 37.8. The zero-order valence-corrected chi connectivity index (χ0v) is 22.2. The van der Waals surface area contributed by atoms with E-state index >= 15 is 0 Å². The molecule has 0 bridgehead atoms. The third kappa shape index (κ3) is 7.14. The number of hydrogen-bond donors (Lipinski definition) is 4. The van der Waals surface area contributed by atoms with Gasteiger partial charge in [-0.05, 0) is 83.7 Å². The van der Waals surface area contributed by atoms with E-state index in [0.717, 1.165) is 0 Å². The van der Waals surface area contributed by atoms with E-state index in [1.807, 2.05) is 72.8 Å². The quantitative estimate of drug-likeness (QED) is 0.224. The molecule has 4 N–H and O–H groups in total. The van der Waals surface area contributed by atoms with Crippen molar-refractivity contribution in [2.75, 3.05) is 0 Å². The van der Waals surface area contributed by atoms with Crippen LogP contribution >= 0.6 is 0 Å². The van der Waals surface area contributed by atoms with Gasteiger partial charge in [-0.25, -0.2) is 9.97 Å². The lowest BCUT2D eigenvalue weighted by molar-refractivity contribution is 0.424. The van der Waals surface area contributed by atoms with E-state index in [1.165, 1.54) is 0 Å². The number of pyridine rings is 6. The molecule has 0 amide bonds. The summed E-state index contributed by atoms with van der Waals surface area (Å²) in [5.41, 5.74) is 5.65. The highest BCUT2D eigenvalue weighted by molar-refractivity contribution is 6.59. The van der Waals surface area contributed by atoms with Crippen LogP contribution in [-0.2, 0) is 0 Å². The van der Waals surface area contributed by atoms with Crippen molar-refractivity contribution in [3.05, 3.63) is 122 Å². The van der Waals surface area contributed by atoms with Crippen LogP contribution in [0.15, 0.2) is 122 Å². The van der Waals surface area contributed by atoms with Crippen LogP contribution in [0.5, 0.6) is 0 Å². The van der Waals surface area contributed by atoms with Crippen molar-refractivity contribution in [3.8, 4) is 45.6 Å². The fourth-order valence-electron chi connectivity index (χ4n) is 3.98. The van der Waals surface area contributed by atoms with Gasteiger partial charge in [0, 0.05) is 24.8 Å². The predicted octanol–water partition coefficient (Wildman–Crippen LogP) is 1.77. The maximum atomic E-state index is 9.45. The molecule has 0 saturated heterocycles. The van der Waals surface area contributed by atoms with Gasteiger partial charge < -0.3 is 20.1 Å². The molecule has 0 unspecified atom stereocenters. The molecule has 0 fully saturated rings. The van der Waals surface area contributed by atoms with E-state index in [0.29, 0.717) is 56.5 Å². The highest BCUT2D eigenvalue weighted by Gasteiger charge is 2.17. The molecule has 0 radical (unpaired) electrons. The second-order valence-corrected chi connectivity index (χ2v) is 8.95. The first-order valence-corrected chi connectivity index (χ1v) is 12.9. The van der Waals surface area contributed by atoms with E-state index in [-0.39, 0.29) is 0 Å². The molecular formula is C30H24B2N6O4. The van der Waals surface area contributed by atoms with Crippen molar-refractivity contribution in [1.29, 1.82) is 0 Å². The van der Waals surface area contributed by atoms with Gasteiger partial charge in [0.25, 0.3) is 0 Å². The second-order valence-electron chi connectivity index (χ2n) is 8.95. The molecule has 6 aromatic rings. The lowest BCUT2D eigenvalue weighted by Gasteiger charge is -2.08. The van der Waals surface area contributed by atoms with Gasteiger partial charge in [-0.2, -0.15) is 0 Å². The number of nitrogens with zero attached hydrogens (tertiary/aromatic N) is 6. The van der Waals surface area contributed by atoms with Crippen LogP contribution in [0.4, 0.5) is 0 Å². The highest BCUT2D eigenvalue weighted by atomic mass is 16.4. The molecular weight excluding hydrogens is 530 g/mol. The molecule has 6 rings (SSSR count). The standard InChI is InChI=1S/2C15H12BN3O2/c2*20-16(21)11-9-14(12-5-1-3-7-17-12)19-15(10-11)13-6-2-4-8-18-13/h2*1-10,20-21H. The van der Waals surface area contributed by atoms with Crippen molar-refractivity contribution in [1.82, 2.24) is 29.9 Å². The Labute approximate surface area is 242 Å². The fourth-order valence-corrected chi connectivity index (χ4v) is 3.98. The Hall–Kier alpha value is -5.13. The maximum Gasteiger partial charge on any atom is 0.488 e. The molecule has 0 spiro atoms. The lowest BCUT2D eigenvalue weighted by Crippen LogP contribution is -2.30. The molecule has 0 saturated carbocycles. The first kappa shape index (κ1) is 28.4. The van der Waals surface area contributed by atoms with Gasteiger partial charge in [0.1, 0.15) is 0 Å². The largest absolute Gasteiger partial charge is 0.488 e. The number of rotatable bonds is 6. The smallest absolute Gasteiger partial charge is 0.423 e. The zero-order valence-electron chi connectivity index (χ0n) is 22.2. The fraction of sp³-hybridized carbons (Fsp3) is 0. The van der Waals surface area contributed by atoms with Crippen molar-refractivity contribution in [3.63, 3.8) is 0 Å². The molecule has 6 heterocycles. The summed E-state index contributed by atoms with van der Waals surface area (Å²) in [6.45, 7) is 0. The Balaban J connectivity index is 0.000000168. The van der Waals surface area contributed by atoms with E-state index in [1.54, 1.807) is 49.1 Å². The summed E-state index contributed by atoms with van der Waals surface area (Å²) in [7, 11) is -3.14. The summed E-state index contributed by atoms with van der Waals surface area (Å²) in [6, 6.07) is 28.4. The minimum Gasteiger partial charge on any atom is -0.423 e. The monoisotopic (exact) mass is 554 g/mol. The molecule has 0 aromatic carbocycles. The van der Waals surface area contributed by atoms with Crippen LogP contribution < -0.4 is 10.9 Å². The molecule has 0 atom stereocenters. The van der Waals surface area contributed by atoms with Gasteiger partial charge in [-0.3, -0.25) is 19.9 Å². The third-order valence-electron chi connectivity index (χ3n) is 6.00. The van der Waals surface area contributed by atoms with Crippen molar-refractivity contribution in [2.24, 2.45) is 0 Å². The van der Waals surface area contributed by atoms with Crippen LogP contribution in [-0.4, -0.2) is 64.2 Å². The predicted molar refractivity (Wildman–Crippen MR) is 161 cm³/mol. The van der Waals surface area contributed by atoms with Crippen molar-refractivity contribution in [2.45, 2.75) is 0 Å². The molecule has 10 nitrogen and oxygen atoms in total. The maximum absolute atomic E-state index is 9.45. The van der Waals surface area contributed by atoms with Crippen LogP contribution in [0, 0.1) is 0 Å². The average Bonchev–Trinajstić information content (AvgIpc) is 3.06. The minimum absolute atomic E-state index is 0.353. The summed E-state index contributed by atoms with van der Waals surface area (Å²) in [5.74, 6) is 0.